The second-order valence-electron chi connectivity index (χ2n) is 11.2. The number of hydrogen-bond donors (Lipinski definition) is 3. The molecule has 2 aromatic rings. The van der Waals surface area contributed by atoms with Gasteiger partial charge in [-0.25, -0.2) is 24.0 Å². The molecular weight excluding hydrogens is 504 g/mol. The molecule has 9 nitrogen and oxygen atoms in total. The number of piperidine rings is 1. The third-order valence-corrected chi connectivity index (χ3v) is 8.34. The number of hydrogen-bond acceptors (Lipinski definition) is 7. The summed E-state index contributed by atoms with van der Waals surface area (Å²) in [6.45, 7) is 4.91. The van der Waals surface area contributed by atoms with Crippen molar-refractivity contribution in [2.24, 2.45) is 27.1 Å². The highest BCUT2D eigenvalue weighted by molar-refractivity contribution is 6.04. The molecule has 4 unspecified atom stereocenters. The minimum atomic E-state index is -4.99. The lowest BCUT2D eigenvalue weighted by Gasteiger charge is -2.53. The Morgan fingerprint density at radius 1 is 1.26 bits per heavy atom. The lowest BCUT2D eigenvalue weighted by atomic mass is 9.64. The average molecular weight is 537 g/mol. The lowest BCUT2D eigenvalue weighted by molar-refractivity contribution is -0.226. The normalized spacial score (nSPS) is 29.3. The van der Waals surface area contributed by atoms with E-state index in [1.165, 1.54) is 10.9 Å². The van der Waals surface area contributed by atoms with Gasteiger partial charge in [0, 0.05) is 36.5 Å². The first-order chi connectivity index (χ1) is 17.7. The van der Waals surface area contributed by atoms with Crippen LogP contribution in [0.3, 0.4) is 0 Å². The Balaban J connectivity index is 1.42. The van der Waals surface area contributed by atoms with Crippen molar-refractivity contribution in [3.05, 3.63) is 24.0 Å². The van der Waals surface area contributed by atoms with Gasteiger partial charge in [0.25, 0.3) is 0 Å². The largest absolute Gasteiger partial charge is 0.422 e. The highest BCUT2D eigenvalue weighted by Crippen LogP contribution is 2.44. The third kappa shape index (κ3) is 4.54. The molecule has 13 heteroatoms. The van der Waals surface area contributed by atoms with E-state index in [0.717, 1.165) is 19.4 Å². The van der Waals surface area contributed by atoms with Crippen LogP contribution in [0.1, 0.15) is 52.1 Å². The van der Waals surface area contributed by atoms with Gasteiger partial charge in [-0.15, -0.1) is 0 Å². The van der Waals surface area contributed by atoms with Crippen LogP contribution in [0.15, 0.2) is 28.3 Å². The van der Waals surface area contributed by atoms with Crippen LogP contribution in [0.25, 0.3) is 11.0 Å². The molecule has 0 aromatic carbocycles. The number of alkyl halides is 4. The molecule has 206 valence electrons. The Hall–Kier alpha value is -3.09. The molecule has 38 heavy (non-hydrogen) atoms. The summed E-state index contributed by atoms with van der Waals surface area (Å²) in [6.07, 6.45) is -2.29. The van der Waals surface area contributed by atoms with E-state index in [1.807, 2.05) is 13.8 Å². The molecule has 1 saturated heterocycles. The summed E-state index contributed by atoms with van der Waals surface area (Å²) < 4.78 is 54.6. The van der Waals surface area contributed by atoms with Crippen molar-refractivity contribution in [1.29, 1.82) is 0 Å². The molecule has 1 amide bonds. The molecule has 3 aliphatic rings. The number of amidine groups is 2. The fourth-order valence-corrected chi connectivity index (χ4v) is 5.16. The van der Waals surface area contributed by atoms with E-state index < -0.39 is 35.4 Å². The van der Waals surface area contributed by atoms with Gasteiger partial charge in [0.15, 0.2) is 5.65 Å². The number of aliphatic imine (C=N–C) groups is 2. The van der Waals surface area contributed by atoms with Gasteiger partial charge < -0.3 is 16.4 Å². The first kappa shape index (κ1) is 26.5. The van der Waals surface area contributed by atoms with Gasteiger partial charge in [-0.1, -0.05) is 0 Å². The lowest BCUT2D eigenvalue weighted by Crippen LogP contribution is -2.73. The standard InChI is InChI=1S/C25H32F4N8O/c1-22(26,25(27,28)29)8-10-37-19-15(5-4-9-31-19)16(36-37)11-17-33-20(30)24(3)21(34-17)35-18(38)12-23(24,2)32-13-14-6-7-14/h4-5,9,14,21,32H,6-8,10-13H2,1-3H3,(H,35,38)(H2,30,33,34). The first-order valence-corrected chi connectivity index (χ1v) is 12.8. The Morgan fingerprint density at radius 2 is 2.00 bits per heavy atom. The maximum Gasteiger partial charge on any atom is 0.422 e. The molecule has 0 spiro atoms. The zero-order valence-corrected chi connectivity index (χ0v) is 21.6. The molecule has 1 saturated carbocycles. The highest BCUT2D eigenvalue weighted by atomic mass is 19.4. The fourth-order valence-electron chi connectivity index (χ4n) is 5.16. The molecule has 1 aliphatic carbocycles. The van der Waals surface area contributed by atoms with Crippen molar-refractivity contribution in [2.45, 2.75) is 83.0 Å². The van der Waals surface area contributed by atoms with Crippen molar-refractivity contribution in [1.82, 2.24) is 25.4 Å². The minimum Gasteiger partial charge on any atom is -0.386 e. The van der Waals surface area contributed by atoms with Crippen molar-refractivity contribution >= 4 is 28.6 Å². The summed E-state index contributed by atoms with van der Waals surface area (Å²) in [5.41, 5.74) is 2.57. The number of carbonyl (C=O) groups excluding carboxylic acids is 1. The number of pyridine rings is 1. The number of aromatic nitrogens is 3. The van der Waals surface area contributed by atoms with Gasteiger partial charge in [-0.3, -0.25) is 4.79 Å². The van der Waals surface area contributed by atoms with Crippen LogP contribution in [0, 0.1) is 11.3 Å². The Kier molecular flexibility index (Phi) is 6.27. The average Bonchev–Trinajstić information content (AvgIpc) is 3.60. The number of fused-ring (bicyclic) bond motifs is 2. The number of aryl methyl sites for hydroxylation is 1. The van der Waals surface area contributed by atoms with Crippen LogP contribution in [-0.4, -0.2) is 62.4 Å². The molecule has 4 heterocycles. The quantitative estimate of drug-likeness (QED) is 0.448. The van der Waals surface area contributed by atoms with Gasteiger partial charge >= 0.3 is 6.18 Å². The number of nitrogens with one attached hydrogen (secondary N) is 2. The van der Waals surface area contributed by atoms with E-state index in [0.29, 0.717) is 41.2 Å². The molecular formula is C25H32F4N8O. The van der Waals surface area contributed by atoms with Gasteiger partial charge in [-0.2, -0.15) is 18.3 Å². The summed E-state index contributed by atoms with van der Waals surface area (Å²) in [5.74, 6) is 1.12. The zero-order valence-electron chi connectivity index (χ0n) is 21.6. The maximum absolute atomic E-state index is 14.2. The minimum absolute atomic E-state index is 0.108. The Bertz CT molecular complexity index is 1310. The van der Waals surface area contributed by atoms with E-state index in [4.69, 9.17) is 10.7 Å². The SMILES string of the molecule is CC(F)(CCn1nc(CC2=NC3NC(=O)CC(C)(NCC4CC4)C3(C)C(N)=N2)c2cccnc21)C(F)(F)F. The van der Waals surface area contributed by atoms with E-state index in [2.05, 4.69) is 25.7 Å². The molecule has 0 radical (unpaired) electrons. The van der Waals surface area contributed by atoms with Crippen LogP contribution < -0.4 is 16.4 Å². The molecule has 5 rings (SSSR count). The highest BCUT2D eigenvalue weighted by Gasteiger charge is 2.59. The smallest absolute Gasteiger partial charge is 0.386 e. The monoisotopic (exact) mass is 536 g/mol. The number of rotatable bonds is 8. The zero-order chi connectivity index (χ0) is 27.5. The summed E-state index contributed by atoms with van der Waals surface area (Å²) in [4.78, 5) is 26.3. The predicted octanol–water partition coefficient (Wildman–Crippen LogP) is 3.03. The summed E-state index contributed by atoms with van der Waals surface area (Å²) in [5, 5.41) is 11.5. The second kappa shape index (κ2) is 8.99. The third-order valence-electron chi connectivity index (χ3n) is 8.34. The molecule has 4 atom stereocenters. The van der Waals surface area contributed by atoms with Crippen LogP contribution in [-0.2, 0) is 17.8 Å². The summed E-state index contributed by atoms with van der Waals surface area (Å²) in [6, 6.07) is 3.42. The number of nitrogens with zero attached hydrogens (tertiary/aromatic N) is 5. The van der Waals surface area contributed by atoms with Gasteiger partial charge in [-0.05, 0) is 58.2 Å². The Morgan fingerprint density at radius 3 is 2.68 bits per heavy atom. The molecule has 2 aliphatic heterocycles. The Labute approximate surface area is 217 Å². The van der Waals surface area contributed by atoms with Crippen LogP contribution >= 0.6 is 0 Å². The predicted molar refractivity (Wildman–Crippen MR) is 134 cm³/mol. The second-order valence-corrected chi connectivity index (χ2v) is 11.2. The van der Waals surface area contributed by atoms with E-state index in [1.54, 1.807) is 12.1 Å². The van der Waals surface area contributed by atoms with E-state index in [9.17, 15) is 22.4 Å². The number of carbonyl (C=O) groups is 1. The van der Waals surface area contributed by atoms with Crippen LogP contribution in [0.4, 0.5) is 17.6 Å². The number of nitrogens with two attached hydrogens (primary N) is 1. The fraction of sp³-hybridized carbons (Fsp3) is 0.640. The molecule has 0 bridgehead atoms. The van der Waals surface area contributed by atoms with Crippen LogP contribution in [0.2, 0.25) is 0 Å². The van der Waals surface area contributed by atoms with Gasteiger partial charge in [0.2, 0.25) is 11.6 Å². The van der Waals surface area contributed by atoms with Crippen LogP contribution in [0.5, 0.6) is 0 Å². The molecule has 2 aromatic heterocycles. The first-order valence-electron chi connectivity index (χ1n) is 12.8. The molecule has 2 fully saturated rings. The maximum atomic E-state index is 14.2. The summed E-state index contributed by atoms with van der Waals surface area (Å²) >= 11 is 0. The number of amides is 1. The number of halogens is 4. The molecule has 4 N–H and O–H groups in total. The summed E-state index contributed by atoms with van der Waals surface area (Å²) in [7, 11) is 0. The van der Waals surface area contributed by atoms with E-state index >= 15 is 0 Å². The topological polar surface area (TPSA) is 123 Å². The van der Waals surface area contributed by atoms with Gasteiger partial charge in [0.05, 0.1) is 17.5 Å². The van der Waals surface area contributed by atoms with Crippen molar-refractivity contribution in [2.75, 3.05) is 6.54 Å². The van der Waals surface area contributed by atoms with Crippen molar-refractivity contribution in [3.8, 4) is 0 Å². The van der Waals surface area contributed by atoms with Crippen molar-refractivity contribution < 1.29 is 22.4 Å². The van der Waals surface area contributed by atoms with E-state index in [-0.39, 0.29) is 25.3 Å². The van der Waals surface area contributed by atoms with Gasteiger partial charge in [0.1, 0.15) is 17.8 Å². The van der Waals surface area contributed by atoms with Crippen molar-refractivity contribution in [3.63, 3.8) is 0 Å².